The third kappa shape index (κ3) is 2.76. The molecule has 0 atom stereocenters. The monoisotopic (exact) mass is 235 g/mol. The molecule has 0 aliphatic rings. The number of nitrogens with two attached hydrogens (primary N) is 1. The van der Waals surface area contributed by atoms with E-state index in [1.54, 1.807) is 0 Å². The van der Waals surface area contributed by atoms with Crippen LogP contribution in [0.2, 0.25) is 0 Å². The van der Waals surface area contributed by atoms with Crippen LogP contribution in [-0.2, 0) is 12.8 Å². The lowest BCUT2D eigenvalue weighted by Gasteiger charge is -1.98. The van der Waals surface area contributed by atoms with Crippen LogP contribution >= 0.6 is 11.8 Å². The summed E-state index contributed by atoms with van der Waals surface area (Å²) in [6.45, 7) is 0. The van der Waals surface area contributed by atoms with E-state index in [0.29, 0.717) is 11.1 Å². The molecule has 2 rings (SSSR count). The summed E-state index contributed by atoms with van der Waals surface area (Å²) in [6.07, 6.45) is 3.56. The van der Waals surface area contributed by atoms with E-state index >= 15 is 0 Å². The molecule has 2 N–H and O–H groups in total. The van der Waals surface area contributed by atoms with Crippen molar-refractivity contribution in [1.29, 1.82) is 0 Å². The fourth-order valence-corrected chi connectivity index (χ4v) is 1.66. The van der Waals surface area contributed by atoms with Gasteiger partial charge in [0, 0.05) is 12.1 Å². The number of thioether (sulfide) groups is 1. The van der Waals surface area contributed by atoms with E-state index in [2.05, 4.69) is 10.2 Å². The molecule has 84 valence electrons. The Kier molecular flexibility index (Phi) is 3.46. The number of benzene rings is 1. The molecule has 0 unspecified atom stereocenters. The molecule has 0 saturated carbocycles. The number of nitrogens with zero attached hydrogens (tertiary/aromatic N) is 2. The van der Waals surface area contributed by atoms with Gasteiger partial charge in [-0.3, -0.25) is 0 Å². The van der Waals surface area contributed by atoms with Gasteiger partial charge in [-0.2, -0.15) is 0 Å². The quantitative estimate of drug-likeness (QED) is 0.650. The summed E-state index contributed by atoms with van der Waals surface area (Å²) in [5.41, 5.74) is 7.62. The van der Waals surface area contributed by atoms with Crippen molar-refractivity contribution in [3.05, 3.63) is 35.7 Å². The molecule has 0 bridgehead atoms. The Morgan fingerprint density at radius 2 is 1.94 bits per heavy atom. The number of rotatable bonds is 4. The molecule has 1 aromatic carbocycles. The first-order chi connectivity index (χ1) is 7.78. The topological polar surface area (TPSA) is 64.9 Å². The number of anilines is 1. The normalized spacial score (nSPS) is 10.6. The number of hydrogen-bond acceptors (Lipinski definition) is 5. The maximum Gasteiger partial charge on any atom is 0.276 e. The van der Waals surface area contributed by atoms with Gasteiger partial charge >= 0.3 is 0 Å². The molecule has 2 aromatic rings. The van der Waals surface area contributed by atoms with Crippen molar-refractivity contribution in [3.8, 4) is 0 Å². The van der Waals surface area contributed by atoms with E-state index < -0.39 is 0 Å². The summed E-state index contributed by atoms with van der Waals surface area (Å²) in [5, 5.41) is 8.46. The summed E-state index contributed by atoms with van der Waals surface area (Å²) >= 11 is 1.46. The third-order valence-electron chi connectivity index (χ3n) is 2.23. The van der Waals surface area contributed by atoms with Crippen molar-refractivity contribution in [2.75, 3.05) is 12.0 Å². The zero-order chi connectivity index (χ0) is 11.4. The van der Waals surface area contributed by atoms with E-state index in [9.17, 15) is 0 Å². The van der Waals surface area contributed by atoms with E-state index in [1.165, 1.54) is 17.3 Å². The smallest absolute Gasteiger partial charge is 0.276 e. The number of aromatic nitrogens is 2. The van der Waals surface area contributed by atoms with Gasteiger partial charge in [-0.15, -0.1) is 10.2 Å². The molecule has 0 spiro atoms. The molecule has 0 saturated heterocycles. The Morgan fingerprint density at radius 1 is 1.19 bits per heavy atom. The van der Waals surface area contributed by atoms with E-state index in [0.717, 1.165) is 18.5 Å². The van der Waals surface area contributed by atoms with E-state index in [1.807, 2.05) is 30.5 Å². The van der Waals surface area contributed by atoms with Crippen LogP contribution in [0.3, 0.4) is 0 Å². The number of hydrogen-bond donors (Lipinski definition) is 1. The Morgan fingerprint density at radius 3 is 2.56 bits per heavy atom. The van der Waals surface area contributed by atoms with Gasteiger partial charge in [0.1, 0.15) is 0 Å². The van der Waals surface area contributed by atoms with Gasteiger partial charge in [-0.05, 0) is 30.4 Å². The van der Waals surface area contributed by atoms with Crippen LogP contribution < -0.4 is 5.73 Å². The zero-order valence-electron chi connectivity index (χ0n) is 9.01. The van der Waals surface area contributed by atoms with Crippen LogP contribution in [0.5, 0.6) is 0 Å². The second-order valence-electron chi connectivity index (χ2n) is 3.41. The lowest BCUT2D eigenvalue weighted by Crippen LogP contribution is -1.92. The average molecular weight is 235 g/mol. The predicted molar refractivity (Wildman–Crippen MR) is 64.3 cm³/mol. The largest absolute Gasteiger partial charge is 0.416 e. The lowest BCUT2D eigenvalue weighted by atomic mass is 10.1. The first-order valence-corrected chi connectivity index (χ1v) is 6.21. The first-order valence-electron chi connectivity index (χ1n) is 4.98. The standard InChI is InChI=1S/C11H13N3OS/c1-16-11-14-13-10(15-11)7-4-8-2-5-9(12)6-3-8/h2-3,5-6H,4,7,12H2,1H3. The Labute approximate surface area is 98.2 Å². The van der Waals surface area contributed by atoms with Crippen LogP contribution in [-0.4, -0.2) is 16.5 Å². The summed E-state index contributed by atoms with van der Waals surface area (Å²) < 4.78 is 5.39. The molecule has 0 radical (unpaired) electrons. The summed E-state index contributed by atoms with van der Waals surface area (Å²) in [7, 11) is 0. The fraction of sp³-hybridized carbons (Fsp3) is 0.273. The Balaban J connectivity index is 1.94. The zero-order valence-corrected chi connectivity index (χ0v) is 9.83. The van der Waals surface area contributed by atoms with Gasteiger partial charge in [-0.1, -0.05) is 23.9 Å². The van der Waals surface area contributed by atoms with Crippen LogP contribution in [0.1, 0.15) is 11.5 Å². The molecular weight excluding hydrogens is 222 g/mol. The maximum atomic E-state index is 5.61. The van der Waals surface area contributed by atoms with E-state index in [4.69, 9.17) is 10.2 Å². The molecule has 0 aliphatic carbocycles. The van der Waals surface area contributed by atoms with Crippen molar-refractivity contribution in [1.82, 2.24) is 10.2 Å². The molecule has 1 aromatic heterocycles. The first kappa shape index (κ1) is 11.0. The molecule has 0 amide bonds. The second-order valence-corrected chi connectivity index (χ2v) is 4.16. The van der Waals surface area contributed by atoms with Gasteiger partial charge in [0.2, 0.25) is 5.89 Å². The fourth-order valence-electron chi connectivity index (χ4n) is 1.36. The molecule has 0 aliphatic heterocycles. The Bertz CT molecular complexity index is 453. The van der Waals surface area contributed by atoms with Gasteiger partial charge in [0.15, 0.2) is 0 Å². The highest BCUT2D eigenvalue weighted by atomic mass is 32.2. The van der Waals surface area contributed by atoms with Crippen LogP contribution in [0.25, 0.3) is 0 Å². The maximum absolute atomic E-state index is 5.61. The summed E-state index contributed by atoms with van der Waals surface area (Å²) in [6, 6.07) is 7.83. The Hall–Kier alpha value is -1.49. The van der Waals surface area contributed by atoms with Crippen LogP contribution in [0.15, 0.2) is 33.9 Å². The third-order valence-corrected chi connectivity index (χ3v) is 2.74. The molecule has 0 fully saturated rings. The highest BCUT2D eigenvalue weighted by Crippen LogP contribution is 2.14. The molecule has 5 heteroatoms. The average Bonchev–Trinajstić information content (AvgIpc) is 2.76. The van der Waals surface area contributed by atoms with Crippen LogP contribution in [0.4, 0.5) is 5.69 Å². The highest BCUT2D eigenvalue weighted by Gasteiger charge is 2.04. The van der Waals surface area contributed by atoms with Gasteiger partial charge in [0.25, 0.3) is 5.22 Å². The van der Waals surface area contributed by atoms with Gasteiger partial charge < -0.3 is 10.2 Å². The molecule has 1 heterocycles. The SMILES string of the molecule is CSc1nnc(CCc2ccc(N)cc2)o1. The van der Waals surface area contributed by atoms with Crippen molar-refractivity contribution >= 4 is 17.4 Å². The van der Waals surface area contributed by atoms with Crippen molar-refractivity contribution < 1.29 is 4.42 Å². The minimum atomic E-state index is 0.618. The van der Waals surface area contributed by atoms with Gasteiger partial charge in [0.05, 0.1) is 0 Å². The number of aryl methyl sites for hydroxylation is 2. The summed E-state index contributed by atoms with van der Waals surface area (Å²) in [5.74, 6) is 0.682. The van der Waals surface area contributed by atoms with Crippen molar-refractivity contribution in [2.45, 2.75) is 18.1 Å². The number of nitrogen functional groups attached to an aromatic ring is 1. The van der Waals surface area contributed by atoms with E-state index in [-0.39, 0.29) is 0 Å². The van der Waals surface area contributed by atoms with Crippen molar-refractivity contribution in [3.63, 3.8) is 0 Å². The lowest BCUT2D eigenvalue weighted by molar-refractivity contribution is 0.413. The minimum Gasteiger partial charge on any atom is -0.416 e. The van der Waals surface area contributed by atoms with Crippen molar-refractivity contribution in [2.24, 2.45) is 0 Å². The molecule has 16 heavy (non-hydrogen) atoms. The minimum absolute atomic E-state index is 0.618. The molecule has 4 nitrogen and oxygen atoms in total. The van der Waals surface area contributed by atoms with Crippen LogP contribution in [0, 0.1) is 0 Å². The van der Waals surface area contributed by atoms with Gasteiger partial charge in [-0.25, -0.2) is 0 Å². The highest BCUT2D eigenvalue weighted by molar-refractivity contribution is 7.98. The summed E-state index contributed by atoms with van der Waals surface area (Å²) in [4.78, 5) is 0. The molecular formula is C11H13N3OS. The predicted octanol–water partition coefficient (Wildman–Crippen LogP) is 2.16. The second kappa shape index (κ2) is 5.03.